The first-order chi connectivity index (χ1) is 12.5. The van der Waals surface area contributed by atoms with E-state index in [1.807, 2.05) is 39.0 Å². The number of rotatable bonds is 9. The normalized spacial score (nSPS) is 11.7. The number of ether oxygens (including phenoxy) is 2. The number of aliphatic hydroxyl groups is 1. The second-order valence-corrected chi connectivity index (χ2v) is 6.23. The average molecular weight is 357 g/mol. The molecule has 2 rings (SSSR count). The van der Waals surface area contributed by atoms with Crippen molar-refractivity contribution >= 4 is 5.91 Å². The van der Waals surface area contributed by atoms with E-state index in [4.69, 9.17) is 14.6 Å². The molecule has 0 heterocycles. The van der Waals surface area contributed by atoms with Gasteiger partial charge in [-0.15, -0.1) is 0 Å². The Morgan fingerprint density at radius 3 is 2.50 bits per heavy atom. The Hall–Kier alpha value is -2.53. The van der Waals surface area contributed by atoms with Gasteiger partial charge in [0.2, 0.25) is 0 Å². The molecule has 140 valence electrons. The minimum atomic E-state index is -0.528. The monoisotopic (exact) mass is 357 g/mol. The zero-order valence-electron chi connectivity index (χ0n) is 15.6. The van der Waals surface area contributed by atoms with Gasteiger partial charge in [0.15, 0.2) is 6.10 Å². The highest BCUT2D eigenvalue weighted by molar-refractivity contribution is 5.81. The van der Waals surface area contributed by atoms with Crippen LogP contribution in [-0.2, 0) is 11.4 Å². The molecule has 0 aliphatic carbocycles. The molecule has 0 aromatic heterocycles. The molecule has 5 heteroatoms. The van der Waals surface area contributed by atoms with Crippen LogP contribution in [0.15, 0.2) is 42.5 Å². The third-order valence-electron chi connectivity index (χ3n) is 4.04. The predicted molar refractivity (Wildman–Crippen MR) is 101 cm³/mol. The second kappa shape index (κ2) is 9.82. The maximum atomic E-state index is 12.3. The van der Waals surface area contributed by atoms with Crippen LogP contribution in [0.3, 0.4) is 0 Å². The first-order valence-electron chi connectivity index (χ1n) is 8.87. The van der Waals surface area contributed by atoms with Crippen LogP contribution in [-0.4, -0.2) is 30.3 Å². The Labute approximate surface area is 155 Å². The van der Waals surface area contributed by atoms with E-state index < -0.39 is 6.10 Å². The number of nitrogens with one attached hydrogen (secondary N) is 1. The van der Waals surface area contributed by atoms with Crippen LogP contribution >= 0.6 is 0 Å². The van der Waals surface area contributed by atoms with Crippen LogP contribution in [0.2, 0.25) is 0 Å². The minimum absolute atomic E-state index is 0.00913. The molecule has 0 aliphatic rings. The van der Waals surface area contributed by atoms with Crippen LogP contribution in [0, 0.1) is 13.8 Å². The highest BCUT2D eigenvalue weighted by Gasteiger charge is 2.18. The Kier molecular flexibility index (Phi) is 7.48. The van der Waals surface area contributed by atoms with Crippen molar-refractivity contribution < 1.29 is 19.4 Å². The molecule has 0 radical (unpaired) electrons. The molecule has 1 amide bonds. The number of carbonyl (C=O) groups is 1. The van der Waals surface area contributed by atoms with E-state index in [-0.39, 0.29) is 12.5 Å². The van der Waals surface area contributed by atoms with Crippen LogP contribution in [0.1, 0.15) is 30.0 Å². The van der Waals surface area contributed by atoms with Gasteiger partial charge in [-0.3, -0.25) is 4.79 Å². The Morgan fingerprint density at radius 2 is 1.88 bits per heavy atom. The predicted octanol–water partition coefficient (Wildman–Crippen LogP) is 3.15. The summed E-state index contributed by atoms with van der Waals surface area (Å²) in [6, 6.07) is 13.1. The molecule has 2 N–H and O–H groups in total. The summed E-state index contributed by atoms with van der Waals surface area (Å²) in [4.78, 5) is 12.3. The second-order valence-electron chi connectivity index (χ2n) is 6.23. The molecule has 1 unspecified atom stereocenters. The van der Waals surface area contributed by atoms with E-state index in [2.05, 4.69) is 5.32 Å². The molecule has 2 aromatic carbocycles. The van der Waals surface area contributed by atoms with Gasteiger partial charge in [0, 0.05) is 0 Å². The molecule has 0 bridgehead atoms. The molecule has 5 nitrogen and oxygen atoms in total. The van der Waals surface area contributed by atoms with Gasteiger partial charge in [-0.2, -0.15) is 0 Å². The van der Waals surface area contributed by atoms with Crippen molar-refractivity contribution in [2.24, 2.45) is 0 Å². The van der Waals surface area contributed by atoms with Crippen molar-refractivity contribution in [3.8, 4) is 11.5 Å². The van der Waals surface area contributed by atoms with Gasteiger partial charge in [-0.25, -0.2) is 0 Å². The fourth-order valence-corrected chi connectivity index (χ4v) is 2.56. The molecule has 26 heavy (non-hydrogen) atoms. The van der Waals surface area contributed by atoms with Gasteiger partial charge in [0.05, 0.1) is 13.2 Å². The summed E-state index contributed by atoms with van der Waals surface area (Å²) in [5.41, 5.74) is 3.02. The maximum Gasteiger partial charge on any atom is 0.261 e. The number of amides is 1. The van der Waals surface area contributed by atoms with Crippen molar-refractivity contribution in [1.29, 1.82) is 0 Å². The maximum absolute atomic E-state index is 12.3. The molecule has 0 saturated heterocycles. The number of aliphatic hydroxyl groups excluding tert-OH is 1. The van der Waals surface area contributed by atoms with Gasteiger partial charge in [-0.1, -0.05) is 36.8 Å². The zero-order chi connectivity index (χ0) is 18.9. The first-order valence-corrected chi connectivity index (χ1v) is 8.87. The third-order valence-corrected chi connectivity index (χ3v) is 4.04. The molecule has 1 atom stereocenters. The van der Waals surface area contributed by atoms with Crippen molar-refractivity contribution in [3.05, 3.63) is 59.2 Å². The van der Waals surface area contributed by atoms with Gasteiger partial charge in [-0.05, 0) is 49.6 Å². The molecule has 2 aromatic rings. The lowest BCUT2D eigenvalue weighted by Gasteiger charge is -2.19. The quantitative estimate of drug-likeness (QED) is 0.677. The smallest absolute Gasteiger partial charge is 0.261 e. The number of aryl methyl sites for hydroxylation is 2. The summed E-state index contributed by atoms with van der Waals surface area (Å²) >= 11 is 0. The number of benzene rings is 2. The standard InChI is InChI=1S/C21H27NO4/c1-4-19(26-20-10-5-15(2)13-16(20)3)21(24)22-11-12-25-18-8-6-17(14-23)7-9-18/h5-10,13,19,23H,4,11-12,14H2,1-3H3,(H,22,24). The van der Waals surface area contributed by atoms with Crippen molar-refractivity contribution in [3.63, 3.8) is 0 Å². The Morgan fingerprint density at radius 1 is 1.15 bits per heavy atom. The Bertz CT molecular complexity index is 712. The topological polar surface area (TPSA) is 67.8 Å². The van der Waals surface area contributed by atoms with Gasteiger partial charge in [0.25, 0.3) is 5.91 Å². The van der Waals surface area contributed by atoms with Gasteiger partial charge in [0.1, 0.15) is 18.1 Å². The lowest BCUT2D eigenvalue weighted by atomic mass is 10.1. The average Bonchev–Trinajstić information content (AvgIpc) is 2.65. The van der Waals surface area contributed by atoms with E-state index in [1.54, 1.807) is 24.3 Å². The van der Waals surface area contributed by atoms with Crippen molar-refractivity contribution in [2.75, 3.05) is 13.2 Å². The summed E-state index contributed by atoms with van der Waals surface area (Å²) in [5, 5.41) is 11.9. The van der Waals surface area contributed by atoms with Crippen LogP contribution in [0.25, 0.3) is 0 Å². The largest absolute Gasteiger partial charge is 0.492 e. The number of carbonyl (C=O) groups excluding carboxylic acids is 1. The van der Waals surface area contributed by atoms with E-state index in [9.17, 15) is 4.79 Å². The lowest BCUT2D eigenvalue weighted by Crippen LogP contribution is -2.39. The molecule has 0 spiro atoms. The van der Waals surface area contributed by atoms with Crippen molar-refractivity contribution in [2.45, 2.75) is 39.9 Å². The zero-order valence-corrected chi connectivity index (χ0v) is 15.6. The fraction of sp³-hybridized carbons (Fsp3) is 0.381. The van der Waals surface area contributed by atoms with E-state index in [0.29, 0.717) is 25.3 Å². The number of hydrogen-bond acceptors (Lipinski definition) is 4. The molecule has 0 fully saturated rings. The summed E-state index contributed by atoms with van der Waals surface area (Å²) < 4.78 is 11.5. The van der Waals surface area contributed by atoms with Gasteiger partial charge < -0.3 is 19.9 Å². The van der Waals surface area contributed by atoms with Crippen LogP contribution < -0.4 is 14.8 Å². The highest BCUT2D eigenvalue weighted by atomic mass is 16.5. The SMILES string of the molecule is CCC(Oc1ccc(C)cc1C)C(=O)NCCOc1ccc(CO)cc1. The van der Waals surface area contributed by atoms with E-state index in [0.717, 1.165) is 22.4 Å². The summed E-state index contributed by atoms with van der Waals surface area (Å²) in [5.74, 6) is 1.29. The molecule has 0 saturated carbocycles. The van der Waals surface area contributed by atoms with E-state index >= 15 is 0 Å². The minimum Gasteiger partial charge on any atom is -0.492 e. The summed E-state index contributed by atoms with van der Waals surface area (Å²) in [6.07, 6.45) is 0.0584. The Balaban J connectivity index is 1.79. The number of hydrogen-bond donors (Lipinski definition) is 2. The van der Waals surface area contributed by atoms with Crippen LogP contribution in [0.4, 0.5) is 0 Å². The molecular weight excluding hydrogens is 330 g/mol. The lowest BCUT2D eigenvalue weighted by molar-refractivity contribution is -0.128. The molecule has 0 aliphatic heterocycles. The summed E-state index contributed by atoms with van der Waals surface area (Å²) in [6.45, 7) is 6.70. The first kappa shape index (κ1) is 19.8. The molecular formula is C21H27NO4. The van der Waals surface area contributed by atoms with E-state index in [1.165, 1.54) is 0 Å². The highest BCUT2D eigenvalue weighted by Crippen LogP contribution is 2.21. The fourth-order valence-electron chi connectivity index (χ4n) is 2.56. The van der Waals surface area contributed by atoms with Crippen molar-refractivity contribution in [1.82, 2.24) is 5.32 Å². The third kappa shape index (κ3) is 5.77. The summed E-state index contributed by atoms with van der Waals surface area (Å²) in [7, 11) is 0. The van der Waals surface area contributed by atoms with Gasteiger partial charge >= 0.3 is 0 Å². The van der Waals surface area contributed by atoms with Crippen LogP contribution in [0.5, 0.6) is 11.5 Å².